The van der Waals surface area contributed by atoms with Crippen molar-refractivity contribution in [3.05, 3.63) is 29.8 Å². The average molecular weight is 290 g/mol. The third-order valence-electron chi connectivity index (χ3n) is 4.59. The molecule has 1 heterocycles. The van der Waals surface area contributed by atoms with Crippen LogP contribution < -0.4 is 10.1 Å². The van der Waals surface area contributed by atoms with Gasteiger partial charge < -0.3 is 15.0 Å². The molecule has 3 heteroatoms. The Hall–Kier alpha value is -1.06. The fraction of sp³-hybridized carbons (Fsp3) is 0.667. The molecular weight excluding hydrogens is 260 g/mol. The summed E-state index contributed by atoms with van der Waals surface area (Å²) in [5.41, 5.74) is 1.32. The lowest BCUT2D eigenvalue weighted by Crippen LogP contribution is -2.35. The van der Waals surface area contributed by atoms with Gasteiger partial charge in [-0.25, -0.2) is 0 Å². The number of ether oxygens (including phenoxy) is 1. The Kier molecular flexibility index (Phi) is 6.52. The number of benzene rings is 1. The van der Waals surface area contributed by atoms with Crippen LogP contribution in [0.1, 0.15) is 44.7 Å². The van der Waals surface area contributed by atoms with Gasteiger partial charge in [0.25, 0.3) is 0 Å². The maximum atomic E-state index is 5.20. The monoisotopic (exact) mass is 290 g/mol. The maximum absolute atomic E-state index is 5.20. The molecule has 0 radical (unpaired) electrons. The molecule has 1 aromatic rings. The zero-order valence-corrected chi connectivity index (χ0v) is 13.8. The fourth-order valence-corrected chi connectivity index (χ4v) is 2.92. The van der Waals surface area contributed by atoms with Crippen molar-refractivity contribution < 1.29 is 4.74 Å². The summed E-state index contributed by atoms with van der Waals surface area (Å²) < 4.78 is 5.20. The summed E-state index contributed by atoms with van der Waals surface area (Å²) in [7, 11) is 1.71. The van der Waals surface area contributed by atoms with Gasteiger partial charge in [-0.05, 0) is 76.0 Å². The Morgan fingerprint density at radius 3 is 2.52 bits per heavy atom. The molecule has 1 atom stereocenters. The van der Waals surface area contributed by atoms with E-state index < -0.39 is 0 Å². The second-order valence-electron chi connectivity index (χ2n) is 6.33. The van der Waals surface area contributed by atoms with E-state index in [-0.39, 0.29) is 0 Å². The van der Waals surface area contributed by atoms with Gasteiger partial charge in [-0.1, -0.05) is 19.1 Å². The van der Waals surface area contributed by atoms with Gasteiger partial charge in [-0.2, -0.15) is 0 Å². The zero-order chi connectivity index (χ0) is 15.1. The number of piperidine rings is 1. The molecule has 1 aliphatic heterocycles. The summed E-state index contributed by atoms with van der Waals surface area (Å²) in [4.78, 5) is 2.61. The first kappa shape index (κ1) is 16.3. The molecule has 1 aliphatic rings. The Labute approximate surface area is 129 Å². The predicted octanol–water partition coefficient (Wildman–Crippen LogP) is 3.47. The molecule has 0 saturated carbocycles. The van der Waals surface area contributed by atoms with Gasteiger partial charge in [0.15, 0.2) is 0 Å². The van der Waals surface area contributed by atoms with E-state index in [1.165, 1.54) is 44.5 Å². The summed E-state index contributed by atoms with van der Waals surface area (Å²) in [6.07, 6.45) is 3.97. The van der Waals surface area contributed by atoms with E-state index in [9.17, 15) is 0 Å². The summed E-state index contributed by atoms with van der Waals surface area (Å²) in [6.45, 7) is 9.48. The molecule has 0 spiro atoms. The molecule has 1 aromatic carbocycles. The fourth-order valence-electron chi connectivity index (χ4n) is 2.92. The number of hydrogen-bond donors (Lipinski definition) is 1. The van der Waals surface area contributed by atoms with Crippen molar-refractivity contribution >= 4 is 0 Å². The summed E-state index contributed by atoms with van der Waals surface area (Å²) in [5.74, 6) is 1.85. The first-order chi connectivity index (χ1) is 10.2. The van der Waals surface area contributed by atoms with E-state index >= 15 is 0 Å². The summed E-state index contributed by atoms with van der Waals surface area (Å²) >= 11 is 0. The molecule has 0 aromatic heterocycles. The van der Waals surface area contributed by atoms with Crippen molar-refractivity contribution in [2.45, 2.75) is 39.2 Å². The molecule has 118 valence electrons. The topological polar surface area (TPSA) is 24.5 Å². The van der Waals surface area contributed by atoms with Crippen LogP contribution in [0.3, 0.4) is 0 Å². The van der Waals surface area contributed by atoms with E-state index in [0.29, 0.717) is 6.04 Å². The van der Waals surface area contributed by atoms with Crippen molar-refractivity contribution in [1.82, 2.24) is 10.2 Å². The molecule has 1 unspecified atom stereocenters. The van der Waals surface area contributed by atoms with Crippen LogP contribution in [-0.4, -0.2) is 38.2 Å². The van der Waals surface area contributed by atoms with Gasteiger partial charge in [0.2, 0.25) is 0 Å². The number of hydrogen-bond acceptors (Lipinski definition) is 3. The molecule has 1 fully saturated rings. The van der Waals surface area contributed by atoms with Crippen LogP contribution in [0.2, 0.25) is 0 Å². The van der Waals surface area contributed by atoms with Crippen molar-refractivity contribution in [2.24, 2.45) is 5.92 Å². The van der Waals surface area contributed by atoms with Gasteiger partial charge in [0.05, 0.1) is 7.11 Å². The third-order valence-corrected chi connectivity index (χ3v) is 4.59. The molecule has 0 bridgehead atoms. The number of methoxy groups -OCH3 is 1. The highest BCUT2D eigenvalue weighted by Gasteiger charge is 2.14. The van der Waals surface area contributed by atoms with Crippen LogP contribution >= 0.6 is 0 Å². The van der Waals surface area contributed by atoms with Gasteiger partial charge in [-0.15, -0.1) is 0 Å². The van der Waals surface area contributed by atoms with Crippen molar-refractivity contribution in [3.8, 4) is 5.75 Å². The smallest absolute Gasteiger partial charge is 0.118 e. The molecule has 21 heavy (non-hydrogen) atoms. The van der Waals surface area contributed by atoms with Crippen LogP contribution in [-0.2, 0) is 0 Å². The van der Waals surface area contributed by atoms with Crippen molar-refractivity contribution in [1.29, 1.82) is 0 Å². The zero-order valence-electron chi connectivity index (χ0n) is 13.8. The van der Waals surface area contributed by atoms with Crippen molar-refractivity contribution in [3.63, 3.8) is 0 Å². The molecule has 0 aliphatic carbocycles. The van der Waals surface area contributed by atoms with E-state index in [4.69, 9.17) is 4.74 Å². The second kappa shape index (κ2) is 8.40. The van der Waals surface area contributed by atoms with Crippen LogP contribution in [0.15, 0.2) is 24.3 Å². The van der Waals surface area contributed by atoms with Crippen LogP contribution in [0.4, 0.5) is 0 Å². The molecule has 1 N–H and O–H groups in total. The van der Waals surface area contributed by atoms with Crippen molar-refractivity contribution in [2.75, 3.05) is 33.3 Å². The number of nitrogens with one attached hydrogen (secondary N) is 1. The first-order valence-corrected chi connectivity index (χ1v) is 8.28. The third kappa shape index (κ3) is 5.33. The summed E-state index contributed by atoms with van der Waals surface area (Å²) in [6, 6.07) is 8.74. The van der Waals surface area contributed by atoms with Crippen LogP contribution in [0, 0.1) is 5.92 Å². The van der Waals surface area contributed by atoms with E-state index in [1.807, 2.05) is 12.1 Å². The minimum absolute atomic E-state index is 0.400. The Morgan fingerprint density at radius 1 is 1.24 bits per heavy atom. The predicted molar refractivity (Wildman–Crippen MR) is 88.9 cm³/mol. The van der Waals surface area contributed by atoms with E-state index in [2.05, 4.69) is 36.2 Å². The molecule has 2 rings (SSSR count). The van der Waals surface area contributed by atoms with Gasteiger partial charge >= 0.3 is 0 Å². The molecule has 1 saturated heterocycles. The van der Waals surface area contributed by atoms with Gasteiger partial charge in [-0.3, -0.25) is 0 Å². The lowest BCUT2D eigenvalue weighted by molar-refractivity contribution is 0.190. The van der Waals surface area contributed by atoms with Crippen LogP contribution in [0.5, 0.6) is 5.75 Å². The quantitative estimate of drug-likeness (QED) is 0.778. The minimum atomic E-state index is 0.400. The standard InChI is InChI=1S/C18H30N2O/c1-15-9-13-20(14-10-15)12-4-11-19-16(2)17-5-7-18(21-3)8-6-17/h5-8,15-16,19H,4,9-14H2,1-3H3. The Morgan fingerprint density at radius 2 is 1.90 bits per heavy atom. The highest BCUT2D eigenvalue weighted by molar-refractivity contribution is 5.28. The first-order valence-electron chi connectivity index (χ1n) is 8.28. The normalized spacial score (nSPS) is 18.6. The van der Waals surface area contributed by atoms with E-state index in [1.54, 1.807) is 7.11 Å². The maximum Gasteiger partial charge on any atom is 0.118 e. The highest BCUT2D eigenvalue weighted by atomic mass is 16.5. The lowest BCUT2D eigenvalue weighted by Gasteiger charge is -2.30. The number of likely N-dealkylation sites (tertiary alicyclic amines) is 1. The Bertz CT molecular complexity index is 396. The van der Waals surface area contributed by atoms with Gasteiger partial charge in [0.1, 0.15) is 5.75 Å². The summed E-state index contributed by atoms with van der Waals surface area (Å²) in [5, 5.41) is 3.62. The average Bonchev–Trinajstić information content (AvgIpc) is 2.53. The molecule has 0 amide bonds. The SMILES string of the molecule is COc1ccc(C(C)NCCCN2CCC(C)CC2)cc1. The Balaban J connectivity index is 1.63. The number of rotatable bonds is 7. The molecular formula is C18H30N2O. The lowest BCUT2D eigenvalue weighted by atomic mass is 9.99. The largest absolute Gasteiger partial charge is 0.497 e. The van der Waals surface area contributed by atoms with Crippen LogP contribution in [0.25, 0.3) is 0 Å². The van der Waals surface area contributed by atoms with E-state index in [0.717, 1.165) is 18.2 Å². The number of nitrogens with zero attached hydrogens (tertiary/aromatic N) is 1. The second-order valence-corrected chi connectivity index (χ2v) is 6.33. The highest BCUT2D eigenvalue weighted by Crippen LogP contribution is 2.18. The van der Waals surface area contributed by atoms with Gasteiger partial charge in [0, 0.05) is 6.04 Å². The minimum Gasteiger partial charge on any atom is -0.497 e. The molecule has 3 nitrogen and oxygen atoms in total.